The van der Waals surface area contributed by atoms with Gasteiger partial charge in [-0.1, -0.05) is 0 Å². The minimum absolute atomic E-state index is 0.175. The third kappa shape index (κ3) is 3.32. The molecule has 0 bridgehead atoms. The first-order chi connectivity index (χ1) is 10.5. The highest BCUT2D eigenvalue weighted by molar-refractivity contribution is 9.10. The molecule has 0 aliphatic carbocycles. The van der Waals surface area contributed by atoms with Gasteiger partial charge in [0.25, 0.3) is 5.91 Å². The smallest absolute Gasteiger partial charge is 0.275 e. The molecule has 0 spiro atoms. The van der Waals surface area contributed by atoms with Crippen LogP contribution in [-0.2, 0) is 7.05 Å². The Bertz CT molecular complexity index is 660. The molecular formula is C16H21BrN4O. The van der Waals surface area contributed by atoms with Crippen molar-refractivity contribution < 1.29 is 4.79 Å². The van der Waals surface area contributed by atoms with Crippen LogP contribution in [0.15, 0.2) is 28.7 Å². The summed E-state index contributed by atoms with van der Waals surface area (Å²) in [6.07, 6.45) is 0. The Balaban J connectivity index is 2.15. The molecule has 118 valence electrons. The normalized spacial score (nSPS) is 10.6. The summed E-state index contributed by atoms with van der Waals surface area (Å²) in [5.74, 6) is -0.175. The highest BCUT2D eigenvalue weighted by Gasteiger charge is 2.18. The molecule has 22 heavy (non-hydrogen) atoms. The summed E-state index contributed by atoms with van der Waals surface area (Å²) in [7, 11) is 1.76. The summed E-state index contributed by atoms with van der Waals surface area (Å²) in [5.41, 5.74) is 3.24. The predicted molar refractivity (Wildman–Crippen MR) is 93.6 cm³/mol. The van der Waals surface area contributed by atoms with E-state index in [0.717, 1.165) is 34.6 Å². The Morgan fingerprint density at radius 2 is 1.86 bits per heavy atom. The fraction of sp³-hybridized carbons (Fsp3) is 0.375. The van der Waals surface area contributed by atoms with Crippen LogP contribution in [0.5, 0.6) is 0 Å². The lowest BCUT2D eigenvalue weighted by Crippen LogP contribution is -2.21. The van der Waals surface area contributed by atoms with E-state index in [1.165, 1.54) is 0 Å². The first-order valence-electron chi connectivity index (χ1n) is 7.33. The van der Waals surface area contributed by atoms with E-state index < -0.39 is 0 Å². The monoisotopic (exact) mass is 364 g/mol. The van der Waals surface area contributed by atoms with Crippen molar-refractivity contribution in [3.05, 3.63) is 40.1 Å². The van der Waals surface area contributed by atoms with Gasteiger partial charge in [-0.05, 0) is 61.0 Å². The second-order valence-electron chi connectivity index (χ2n) is 5.04. The van der Waals surface area contributed by atoms with Crippen LogP contribution in [0.4, 0.5) is 11.4 Å². The number of rotatable bonds is 5. The fourth-order valence-electron chi connectivity index (χ4n) is 2.41. The summed E-state index contributed by atoms with van der Waals surface area (Å²) in [4.78, 5) is 14.6. The summed E-state index contributed by atoms with van der Waals surface area (Å²) in [5, 5.41) is 7.14. The molecule has 5 nitrogen and oxygen atoms in total. The van der Waals surface area contributed by atoms with Crippen molar-refractivity contribution in [3.8, 4) is 0 Å². The van der Waals surface area contributed by atoms with Gasteiger partial charge in [-0.2, -0.15) is 5.10 Å². The van der Waals surface area contributed by atoms with Gasteiger partial charge in [0.1, 0.15) is 5.69 Å². The number of nitrogens with zero attached hydrogens (tertiary/aromatic N) is 3. The molecule has 0 atom stereocenters. The quantitative estimate of drug-likeness (QED) is 0.881. The lowest BCUT2D eigenvalue weighted by Gasteiger charge is -2.21. The lowest BCUT2D eigenvalue weighted by molar-refractivity contribution is 0.101. The van der Waals surface area contributed by atoms with E-state index in [1.807, 2.05) is 31.2 Å². The molecule has 0 unspecified atom stereocenters. The first-order valence-corrected chi connectivity index (χ1v) is 8.12. The zero-order valence-electron chi connectivity index (χ0n) is 13.4. The van der Waals surface area contributed by atoms with E-state index in [9.17, 15) is 4.79 Å². The molecule has 1 amide bonds. The maximum absolute atomic E-state index is 12.4. The van der Waals surface area contributed by atoms with Crippen LogP contribution in [-0.4, -0.2) is 28.8 Å². The molecule has 2 rings (SSSR count). The Hall–Kier alpha value is -1.82. The number of anilines is 2. The average Bonchev–Trinajstić information content (AvgIpc) is 2.75. The van der Waals surface area contributed by atoms with Gasteiger partial charge in [-0.15, -0.1) is 0 Å². The number of aryl methyl sites for hydroxylation is 2. The molecule has 0 saturated carbocycles. The maximum atomic E-state index is 12.4. The van der Waals surface area contributed by atoms with Crippen molar-refractivity contribution in [1.29, 1.82) is 0 Å². The number of hydrogen-bond acceptors (Lipinski definition) is 3. The van der Waals surface area contributed by atoms with Gasteiger partial charge in [0.15, 0.2) is 0 Å². The minimum Gasteiger partial charge on any atom is -0.372 e. The summed E-state index contributed by atoms with van der Waals surface area (Å²) < 4.78 is 2.31. The molecular weight excluding hydrogens is 344 g/mol. The van der Waals surface area contributed by atoms with Crippen LogP contribution in [0.25, 0.3) is 0 Å². The number of carbonyl (C=O) groups excluding carboxylic acids is 1. The highest BCUT2D eigenvalue weighted by atomic mass is 79.9. The third-order valence-electron chi connectivity index (χ3n) is 3.62. The van der Waals surface area contributed by atoms with Gasteiger partial charge in [0.2, 0.25) is 0 Å². The molecule has 0 aliphatic rings. The van der Waals surface area contributed by atoms with E-state index in [-0.39, 0.29) is 5.91 Å². The number of nitrogens with one attached hydrogen (secondary N) is 1. The van der Waals surface area contributed by atoms with Crippen molar-refractivity contribution >= 4 is 33.2 Å². The number of amides is 1. The van der Waals surface area contributed by atoms with Crippen LogP contribution < -0.4 is 10.2 Å². The summed E-state index contributed by atoms with van der Waals surface area (Å²) >= 11 is 3.41. The van der Waals surface area contributed by atoms with Gasteiger partial charge in [-0.25, -0.2) is 0 Å². The van der Waals surface area contributed by atoms with E-state index in [2.05, 4.69) is 45.1 Å². The minimum atomic E-state index is -0.175. The molecule has 0 aliphatic heterocycles. The van der Waals surface area contributed by atoms with Crippen LogP contribution in [0.2, 0.25) is 0 Å². The van der Waals surface area contributed by atoms with Gasteiger partial charge >= 0.3 is 0 Å². The maximum Gasteiger partial charge on any atom is 0.275 e. The van der Waals surface area contributed by atoms with Crippen LogP contribution in [0.1, 0.15) is 30.0 Å². The van der Waals surface area contributed by atoms with Crippen molar-refractivity contribution in [2.75, 3.05) is 23.3 Å². The summed E-state index contributed by atoms with van der Waals surface area (Å²) in [6, 6.07) is 7.88. The standard InChI is InChI=1S/C16H21BrN4O/c1-5-21(6-2)13-9-7-12(8-10-13)18-16(22)15-14(17)11(3)19-20(15)4/h7-10H,5-6H2,1-4H3,(H,18,22). The second-order valence-corrected chi connectivity index (χ2v) is 5.84. The van der Waals surface area contributed by atoms with E-state index in [1.54, 1.807) is 11.7 Å². The largest absolute Gasteiger partial charge is 0.372 e. The Morgan fingerprint density at radius 3 is 2.32 bits per heavy atom. The predicted octanol–water partition coefficient (Wildman–Crippen LogP) is 3.59. The molecule has 1 aromatic carbocycles. The number of halogens is 1. The van der Waals surface area contributed by atoms with E-state index >= 15 is 0 Å². The highest BCUT2D eigenvalue weighted by Crippen LogP contribution is 2.22. The van der Waals surface area contributed by atoms with E-state index in [4.69, 9.17) is 0 Å². The fourth-order valence-corrected chi connectivity index (χ4v) is 2.93. The molecule has 1 N–H and O–H groups in total. The Labute approximate surface area is 139 Å². The van der Waals surface area contributed by atoms with Crippen molar-refractivity contribution in [1.82, 2.24) is 9.78 Å². The number of benzene rings is 1. The molecule has 6 heteroatoms. The van der Waals surface area contributed by atoms with Crippen molar-refractivity contribution in [2.24, 2.45) is 7.05 Å². The van der Waals surface area contributed by atoms with Crippen LogP contribution >= 0.6 is 15.9 Å². The third-order valence-corrected chi connectivity index (χ3v) is 4.57. The zero-order chi connectivity index (χ0) is 16.3. The Kier molecular flexibility index (Phi) is 5.24. The van der Waals surface area contributed by atoms with Crippen molar-refractivity contribution in [3.63, 3.8) is 0 Å². The topological polar surface area (TPSA) is 50.2 Å². The van der Waals surface area contributed by atoms with E-state index in [0.29, 0.717) is 5.69 Å². The number of aromatic nitrogens is 2. The summed E-state index contributed by atoms with van der Waals surface area (Å²) in [6.45, 7) is 8.04. The molecule has 0 fully saturated rings. The molecule has 1 heterocycles. The number of carbonyl (C=O) groups is 1. The van der Waals surface area contributed by atoms with Gasteiger partial charge in [-0.3, -0.25) is 9.48 Å². The van der Waals surface area contributed by atoms with Crippen LogP contribution in [0.3, 0.4) is 0 Å². The van der Waals surface area contributed by atoms with Gasteiger partial charge in [0.05, 0.1) is 10.2 Å². The first kappa shape index (κ1) is 16.5. The second kappa shape index (κ2) is 6.96. The number of hydrogen-bond donors (Lipinski definition) is 1. The Morgan fingerprint density at radius 1 is 1.27 bits per heavy atom. The average molecular weight is 365 g/mol. The van der Waals surface area contributed by atoms with Crippen LogP contribution in [0, 0.1) is 6.92 Å². The lowest BCUT2D eigenvalue weighted by atomic mass is 10.2. The zero-order valence-corrected chi connectivity index (χ0v) is 14.9. The molecule has 0 radical (unpaired) electrons. The molecule has 2 aromatic rings. The van der Waals surface area contributed by atoms with Crippen molar-refractivity contribution in [2.45, 2.75) is 20.8 Å². The molecule has 1 aromatic heterocycles. The van der Waals surface area contributed by atoms with Gasteiger partial charge < -0.3 is 10.2 Å². The SMILES string of the molecule is CCN(CC)c1ccc(NC(=O)c2c(Br)c(C)nn2C)cc1. The molecule has 0 saturated heterocycles. The van der Waals surface area contributed by atoms with Gasteiger partial charge in [0, 0.05) is 31.5 Å².